The van der Waals surface area contributed by atoms with Crippen LogP contribution in [0.1, 0.15) is 49.4 Å². The number of hydrogen-bond donors (Lipinski definition) is 0. The van der Waals surface area contributed by atoms with E-state index in [1.807, 2.05) is 18.7 Å². The van der Waals surface area contributed by atoms with Gasteiger partial charge >= 0.3 is 0 Å². The molecule has 1 aromatic heterocycles. The molecule has 0 N–H and O–H groups in total. The molecule has 0 radical (unpaired) electrons. The zero-order valence-electron chi connectivity index (χ0n) is 13.0. The smallest absolute Gasteiger partial charge is 0.127 e. The van der Waals surface area contributed by atoms with E-state index in [9.17, 15) is 0 Å². The molecule has 1 heterocycles. The van der Waals surface area contributed by atoms with Crippen LogP contribution in [-0.4, -0.2) is 20.6 Å². The van der Waals surface area contributed by atoms with Gasteiger partial charge < -0.3 is 4.57 Å². The van der Waals surface area contributed by atoms with E-state index in [1.54, 1.807) is 0 Å². The first-order valence-electron chi connectivity index (χ1n) is 7.71. The molecular formula is C17H23ClN2S. The topological polar surface area (TPSA) is 17.8 Å². The van der Waals surface area contributed by atoms with Crippen molar-refractivity contribution in [3.05, 3.63) is 29.6 Å². The number of alkyl halides is 1. The third kappa shape index (κ3) is 2.83. The summed E-state index contributed by atoms with van der Waals surface area (Å²) in [7, 11) is 0. The molecule has 1 aromatic carbocycles. The van der Waals surface area contributed by atoms with E-state index in [1.165, 1.54) is 36.8 Å². The number of hydrogen-bond acceptors (Lipinski definition) is 2. The lowest BCUT2D eigenvalue weighted by Crippen LogP contribution is -2.28. The summed E-state index contributed by atoms with van der Waals surface area (Å²) in [5, 5.41) is -0.0574. The van der Waals surface area contributed by atoms with Gasteiger partial charge in [0.25, 0.3) is 0 Å². The van der Waals surface area contributed by atoms with Crippen molar-refractivity contribution in [1.82, 2.24) is 9.55 Å². The van der Waals surface area contributed by atoms with E-state index in [-0.39, 0.29) is 5.38 Å². The number of imidazole rings is 1. The average molecular weight is 323 g/mol. The number of nitrogens with zero attached hydrogens (tertiary/aromatic N) is 2. The van der Waals surface area contributed by atoms with E-state index in [0.717, 1.165) is 17.9 Å². The third-order valence-electron chi connectivity index (χ3n) is 4.68. The van der Waals surface area contributed by atoms with Gasteiger partial charge in [0.2, 0.25) is 0 Å². The van der Waals surface area contributed by atoms with Gasteiger partial charge in [-0.25, -0.2) is 4.98 Å². The van der Waals surface area contributed by atoms with Gasteiger partial charge in [-0.15, -0.1) is 11.6 Å². The number of halogens is 1. The fraction of sp³-hybridized carbons (Fsp3) is 0.588. The van der Waals surface area contributed by atoms with E-state index >= 15 is 0 Å². The monoisotopic (exact) mass is 322 g/mol. The highest BCUT2D eigenvalue weighted by atomic mass is 35.5. The summed E-state index contributed by atoms with van der Waals surface area (Å²) < 4.78 is 2.74. The van der Waals surface area contributed by atoms with E-state index < -0.39 is 0 Å². The molecule has 21 heavy (non-hydrogen) atoms. The Hall–Kier alpha value is -0.670. The summed E-state index contributed by atoms with van der Waals surface area (Å²) in [6, 6.07) is 6.49. The van der Waals surface area contributed by atoms with Crippen molar-refractivity contribution in [2.45, 2.75) is 56.2 Å². The molecule has 114 valence electrons. The van der Waals surface area contributed by atoms with Gasteiger partial charge in [-0.1, -0.05) is 18.9 Å². The van der Waals surface area contributed by atoms with Crippen LogP contribution in [0.15, 0.2) is 18.2 Å². The van der Waals surface area contributed by atoms with Crippen LogP contribution in [0, 0.1) is 6.92 Å². The van der Waals surface area contributed by atoms with Crippen molar-refractivity contribution in [2.24, 2.45) is 0 Å². The first kappa shape index (κ1) is 15.2. The maximum Gasteiger partial charge on any atom is 0.127 e. The van der Waals surface area contributed by atoms with E-state index in [4.69, 9.17) is 16.6 Å². The molecule has 2 nitrogen and oxygen atoms in total. The van der Waals surface area contributed by atoms with Crippen LogP contribution in [0.2, 0.25) is 0 Å². The first-order valence-corrected chi connectivity index (χ1v) is 9.37. The third-order valence-corrected chi connectivity index (χ3v) is 6.28. The molecule has 0 bridgehead atoms. The highest BCUT2D eigenvalue weighted by Crippen LogP contribution is 2.42. The van der Waals surface area contributed by atoms with Crippen LogP contribution in [0.4, 0.5) is 0 Å². The standard InChI is InChI=1S/C17H23ClN2S/c1-12-6-7-14-15(10-12)20(16(19-14)13(2)18)11-17(21-3)8-4-5-9-17/h6-7,10,13H,4-5,8-9,11H2,1-3H3. The molecule has 3 rings (SSSR count). The number of benzene rings is 1. The summed E-state index contributed by atoms with van der Waals surface area (Å²) in [6.45, 7) is 5.19. The van der Waals surface area contributed by atoms with Gasteiger partial charge in [0.15, 0.2) is 0 Å². The lowest BCUT2D eigenvalue weighted by atomic mass is 10.1. The van der Waals surface area contributed by atoms with Crippen LogP contribution in [0.3, 0.4) is 0 Å². The zero-order valence-corrected chi connectivity index (χ0v) is 14.6. The Morgan fingerprint density at radius 2 is 2.10 bits per heavy atom. The van der Waals surface area contributed by atoms with Crippen LogP contribution in [-0.2, 0) is 6.54 Å². The van der Waals surface area contributed by atoms with Gasteiger partial charge in [0.05, 0.1) is 16.4 Å². The molecule has 4 heteroatoms. The maximum absolute atomic E-state index is 6.40. The average Bonchev–Trinajstić information content (AvgIpc) is 3.05. The predicted molar refractivity (Wildman–Crippen MR) is 93.5 cm³/mol. The van der Waals surface area contributed by atoms with Crippen LogP contribution in [0.5, 0.6) is 0 Å². The molecule has 0 saturated heterocycles. The fourth-order valence-corrected chi connectivity index (χ4v) is 4.58. The second kappa shape index (κ2) is 5.85. The van der Waals surface area contributed by atoms with Gasteiger partial charge in [-0.3, -0.25) is 0 Å². The highest BCUT2D eigenvalue weighted by molar-refractivity contribution is 8.00. The number of fused-ring (bicyclic) bond motifs is 1. The molecule has 1 fully saturated rings. The number of aromatic nitrogens is 2. The number of rotatable bonds is 4. The molecule has 1 aliphatic rings. The van der Waals surface area contributed by atoms with Crippen molar-refractivity contribution in [3.63, 3.8) is 0 Å². The SMILES string of the molecule is CSC1(Cn2c(C(C)Cl)nc3ccc(C)cc32)CCCC1. The maximum atomic E-state index is 6.40. The Morgan fingerprint density at radius 3 is 2.71 bits per heavy atom. The molecule has 0 amide bonds. The quantitative estimate of drug-likeness (QED) is 0.709. The Balaban J connectivity index is 2.10. The van der Waals surface area contributed by atoms with Crippen molar-refractivity contribution in [3.8, 4) is 0 Å². The molecular weight excluding hydrogens is 300 g/mol. The Bertz CT molecular complexity index is 642. The number of aryl methyl sites for hydroxylation is 1. The summed E-state index contributed by atoms with van der Waals surface area (Å²) in [5.41, 5.74) is 3.58. The van der Waals surface area contributed by atoms with E-state index in [0.29, 0.717) is 4.75 Å². The minimum Gasteiger partial charge on any atom is -0.325 e. The molecule has 0 aliphatic heterocycles. The molecule has 1 unspecified atom stereocenters. The Labute approximate surface area is 136 Å². The van der Waals surface area contributed by atoms with Gasteiger partial charge in [0, 0.05) is 11.3 Å². The summed E-state index contributed by atoms with van der Waals surface area (Å²) in [6.07, 6.45) is 7.54. The normalized spacial score (nSPS) is 19.2. The molecule has 2 aromatic rings. The predicted octanol–water partition coefficient (Wildman–Crippen LogP) is 5.32. The van der Waals surface area contributed by atoms with Crippen molar-refractivity contribution < 1.29 is 0 Å². The summed E-state index contributed by atoms with van der Waals surface area (Å²) in [4.78, 5) is 4.78. The van der Waals surface area contributed by atoms with Crippen LogP contribution < -0.4 is 0 Å². The van der Waals surface area contributed by atoms with Gasteiger partial charge in [0.1, 0.15) is 5.82 Å². The highest BCUT2D eigenvalue weighted by Gasteiger charge is 2.34. The van der Waals surface area contributed by atoms with E-state index in [2.05, 4.69) is 35.9 Å². The molecule has 1 saturated carbocycles. The van der Waals surface area contributed by atoms with Crippen molar-refractivity contribution >= 4 is 34.4 Å². The van der Waals surface area contributed by atoms with Gasteiger partial charge in [-0.05, 0) is 50.6 Å². The molecule has 1 aliphatic carbocycles. The minimum absolute atomic E-state index is 0.0574. The largest absolute Gasteiger partial charge is 0.325 e. The van der Waals surface area contributed by atoms with Crippen LogP contribution >= 0.6 is 23.4 Å². The molecule has 0 spiro atoms. The van der Waals surface area contributed by atoms with Gasteiger partial charge in [-0.2, -0.15) is 11.8 Å². The second-order valence-electron chi connectivity index (χ2n) is 6.26. The second-order valence-corrected chi connectivity index (χ2v) is 8.19. The zero-order chi connectivity index (χ0) is 15.0. The van der Waals surface area contributed by atoms with Crippen molar-refractivity contribution in [1.29, 1.82) is 0 Å². The first-order chi connectivity index (χ1) is 10.0. The lowest BCUT2D eigenvalue weighted by molar-refractivity contribution is 0.501. The fourth-order valence-electron chi connectivity index (χ4n) is 3.46. The summed E-state index contributed by atoms with van der Waals surface area (Å²) >= 11 is 8.42. The Morgan fingerprint density at radius 1 is 1.38 bits per heavy atom. The number of thioether (sulfide) groups is 1. The summed E-state index contributed by atoms with van der Waals surface area (Å²) in [5.74, 6) is 1.01. The Kier molecular flexibility index (Phi) is 4.24. The van der Waals surface area contributed by atoms with Crippen LogP contribution in [0.25, 0.3) is 11.0 Å². The lowest BCUT2D eigenvalue weighted by Gasteiger charge is -2.28. The minimum atomic E-state index is -0.0574. The van der Waals surface area contributed by atoms with Crippen molar-refractivity contribution in [2.75, 3.05) is 6.26 Å². The molecule has 1 atom stereocenters.